The van der Waals surface area contributed by atoms with E-state index in [4.69, 9.17) is 4.74 Å². The van der Waals surface area contributed by atoms with Gasteiger partial charge in [-0.05, 0) is 47.9 Å². The zero-order chi connectivity index (χ0) is 20.1. The van der Waals surface area contributed by atoms with Gasteiger partial charge in [0.15, 0.2) is 0 Å². The maximum atomic E-state index is 9.26. The molecule has 29 heavy (non-hydrogen) atoms. The van der Waals surface area contributed by atoms with Crippen molar-refractivity contribution in [2.45, 2.75) is 13.1 Å². The fourth-order valence-corrected chi connectivity index (χ4v) is 3.44. The summed E-state index contributed by atoms with van der Waals surface area (Å²) < 4.78 is 5.72. The monoisotopic (exact) mass is 380 g/mol. The van der Waals surface area contributed by atoms with Gasteiger partial charge >= 0.3 is 0 Å². The maximum absolute atomic E-state index is 9.26. The third-order valence-corrected chi connectivity index (χ3v) is 4.78. The summed E-state index contributed by atoms with van der Waals surface area (Å²) in [7, 11) is 1.67. The highest BCUT2D eigenvalue weighted by atomic mass is 16.5. The number of hydrogen-bond acceptors (Lipinski definition) is 5. The predicted octanol–water partition coefficient (Wildman–Crippen LogP) is 4.72. The number of anilines is 1. The average molecular weight is 380 g/mol. The Labute approximate surface area is 169 Å². The molecule has 0 atom stereocenters. The molecule has 4 rings (SSSR count). The first kappa shape index (κ1) is 18.5. The van der Waals surface area contributed by atoms with Gasteiger partial charge < -0.3 is 9.64 Å². The van der Waals surface area contributed by atoms with E-state index < -0.39 is 0 Å². The van der Waals surface area contributed by atoms with Crippen LogP contribution in [0, 0.1) is 11.3 Å². The van der Waals surface area contributed by atoms with E-state index in [9.17, 15) is 5.26 Å². The van der Waals surface area contributed by atoms with Crippen LogP contribution >= 0.6 is 0 Å². The van der Waals surface area contributed by atoms with Crippen LogP contribution in [0.3, 0.4) is 0 Å². The van der Waals surface area contributed by atoms with Crippen molar-refractivity contribution in [3.05, 3.63) is 96.1 Å². The molecule has 0 fully saturated rings. The van der Waals surface area contributed by atoms with Crippen molar-refractivity contribution in [1.82, 2.24) is 9.97 Å². The zero-order valence-electron chi connectivity index (χ0n) is 16.1. The second-order valence-corrected chi connectivity index (χ2v) is 6.66. The molecule has 0 unspecified atom stereocenters. The number of methoxy groups -OCH3 is 1. The van der Waals surface area contributed by atoms with Crippen LogP contribution in [0.4, 0.5) is 5.69 Å². The molecular formula is C24H20N4O. The maximum Gasteiger partial charge on any atom is 0.142 e. The molecule has 0 aliphatic rings. The number of nitriles is 1. The SMILES string of the molecule is COc1ccc2cc(C#N)ccc2c1N(Cc1ccccn1)Cc1ccccn1. The summed E-state index contributed by atoms with van der Waals surface area (Å²) in [6.45, 7) is 1.21. The predicted molar refractivity (Wildman–Crippen MR) is 114 cm³/mol. The fourth-order valence-electron chi connectivity index (χ4n) is 3.44. The smallest absolute Gasteiger partial charge is 0.142 e. The van der Waals surface area contributed by atoms with E-state index in [1.54, 1.807) is 19.5 Å². The molecule has 5 nitrogen and oxygen atoms in total. The molecule has 4 aromatic rings. The first-order chi connectivity index (χ1) is 14.3. The second-order valence-electron chi connectivity index (χ2n) is 6.66. The molecule has 0 radical (unpaired) electrons. The molecule has 0 N–H and O–H groups in total. The lowest BCUT2D eigenvalue weighted by atomic mass is 10.0. The van der Waals surface area contributed by atoms with Crippen LogP contribution in [-0.2, 0) is 13.1 Å². The first-order valence-electron chi connectivity index (χ1n) is 9.34. The van der Waals surface area contributed by atoms with E-state index >= 15 is 0 Å². The normalized spacial score (nSPS) is 10.5. The van der Waals surface area contributed by atoms with Gasteiger partial charge in [-0.3, -0.25) is 9.97 Å². The number of aromatic nitrogens is 2. The van der Waals surface area contributed by atoms with Crippen LogP contribution in [0.5, 0.6) is 5.75 Å². The summed E-state index contributed by atoms with van der Waals surface area (Å²) in [4.78, 5) is 11.2. The summed E-state index contributed by atoms with van der Waals surface area (Å²) in [5, 5.41) is 11.3. The minimum absolute atomic E-state index is 0.604. The Morgan fingerprint density at radius 2 is 1.59 bits per heavy atom. The van der Waals surface area contributed by atoms with Gasteiger partial charge in [0.05, 0.1) is 48.9 Å². The number of ether oxygens (including phenoxy) is 1. The molecule has 2 aromatic heterocycles. The summed E-state index contributed by atoms with van der Waals surface area (Å²) in [5.74, 6) is 0.772. The highest BCUT2D eigenvalue weighted by molar-refractivity contribution is 5.98. The third-order valence-electron chi connectivity index (χ3n) is 4.78. The average Bonchev–Trinajstić information content (AvgIpc) is 2.79. The van der Waals surface area contributed by atoms with Crippen LogP contribution < -0.4 is 9.64 Å². The van der Waals surface area contributed by atoms with Crippen LogP contribution in [0.15, 0.2) is 79.1 Å². The lowest BCUT2D eigenvalue weighted by Crippen LogP contribution is -2.24. The van der Waals surface area contributed by atoms with Crippen LogP contribution in [-0.4, -0.2) is 17.1 Å². The highest BCUT2D eigenvalue weighted by Crippen LogP contribution is 2.38. The molecule has 2 heterocycles. The van der Waals surface area contributed by atoms with E-state index in [2.05, 4.69) is 20.9 Å². The summed E-state index contributed by atoms with van der Waals surface area (Å²) in [6, 6.07) is 23.7. The van der Waals surface area contributed by atoms with Crippen molar-refractivity contribution in [2.75, 3.05) is 12.0 Å². The van der Waals surface area contributed by atoms with Crippen molar-refractivity contribution in [3.8, 4) is 11.8 Å². The van der Waals surface area contributed by atoms with Gasteiger partial charge in [0.1, 0.15) is 5.75 Å². The zero-order valence-corrected chi connectivity index (χ0v) is 16.1. The quantitative estimate of drug-likeness (QED) is 0.484. The Morgan fingerprint density at radius 3 is 2.14 bits per heavy atom. The Morgan fingerprint density at radius 1 is 0.897 bits per heavy atom. The van der Waals surface area contributed by atoms with Crippen molar-refractivity contribution in [1.29, 1.82) is 5.26 Å². The number of rotatable bonds is 6. The van der Waals surface area contributed by atoms with Crippen LogP contribution in [0.2, 0.25) is 0 Å². The molecular weight excluding hydrogens is 360 g/mol. The van der Waals surface area contributed by atoms with Gasteiger partial charge in [-0.15, -0.1) is 0 Å². The summed E-state index contributed by atoms with van der Waals surface area (Å²) >= 11 is 0. The van der Waals surface area contributed by atoms with E-state index in [0.717, 1.165) is 33.6 Å². The van der Waals surface area contributed by atoms with Gasteiger partial charge in [0.2, 0.25) is 0 Å². The first-order valence-corrected chi connectivity index (χ1v) is 9.34. The molecule has 2 aromatic carbocycles. The Kier molecular flexibility index (Phi) is 5.35. The Hall–Kier alpha value is -3.91. The van der Waals surface area contributed by atoms with Gasteiger partial charge in [-0.2, -0.15) is 5.26 Å². The number of fused-ring (bicyclic) bond motifs is 1. The van der Waals surface area contributed by atoms with Gasteiger partial charge in [0, 0.05) is 17.8 Å². The third kappa shape index (κ3) is 4.02. The largest absolute Gasteiger partial charge is 0.495 e. The molecule has 0 amide bonds. The van der Waals surface area contributed by atoms with Crippen molar-refractivity contribution in [2.24, 2.45) is 0 Å². The van der Waals surface area contributed by atoms with E-state index in [1.165, 1.54) is 0 Å². The molecule has 5 heteroatoms. The van der Waals surface area contributed by atoms with E-state index in [1.807, 2.05) is 66.7 Å². The Bertz CT molecular complexity index is 1110. The van der Waals surface area contributed by atoms with Gasteiger partial charge in [-0.25, -0.2) is 0 Å². The Balaban J connectivity index is 1.86. The molecule has 142 valence electrons. The van der Waals surface area contributed by atoms with Crippen LogP contribution in [0.1, 0.15) is 17.0 Å². The highest BCUT2D eigenvalue weighted by Gasteiger charge is 2.18. The van der Waals surface area contributed by atoms with E-state index in [-0.39, 0.29) is 0 Å². The minimum atomic E-state index is 0.604. The topological polar surface area (TPSA) is 62.0 Å². The van der Waals surface area contributed by atoms with Crippen molar-refractivity contribution in [3.63, 3.8) is 0 Å². The lowest BCUT2D eigenvalue weighted by Gasteiger charge is -2.27. The molecule has 0 bridgehead atoms. The van der Waals surface area contributed by atoms with Gasteiger partial charge in [-0.1, -0.05) is 24.3 Å². The number of hydrogen-bond donors (Lipinski definition) is 0. The number of nitrogens with zero attached hydrogens (tertiary/aromatic N) is 4. The van der Waals surface area contributed by atoms with Crippen LogP contribution in [0.25, 0.3) is 10.8 Å². The lowest BCUT2D eigenvalue weighted by molar-refractivity contribution is 0.414. The number of benzene rings is 2. The summed E-state index contributed by atoms with van der Waals surface area (Å²) in [5.41, 5.74) is 3.51. The van der Waals surface area contributed by atoms with Gasteiger partial charge in [0.25, 0.3) is 0 Å². The van der Waals surface area contributed by atoms with E-state index in [0.29, 0.717) is 18.7 Å². The molecule has 0 spiro atoms. The molecule has 0 aliphatic carbocycles. The fraction of sp³-hybridized carbons (Fsp3) is 0.125. The molecule has 0 aliphatic heterocycles. The summed E-state index contributed by atoms with van der Waals surface area (Å²) in [6.07, 6.45) is 3.60. The van der Waals surface area contributed by atoms with Crippen molar-refractivity contribution < 1.29 is 4.74 Å². The van der Waals surface area contributed by atoms with Crippen molar-refractivity contribution >= 4 is 16.5 Å². The standard InChI is InChI=1S/C24H20N4O/c1-29-23-11-9-19-14-18(15-25)8-10-22(19)24(23)28(16-20-6-2-4-12-26-20)17-21-7-3-5-13-27-21/h2-14H,16-17H2,1H3. The molecule has 0 saturated carbocycles. The number of pyridine rings is 2. The minimum Gasteiger partial charge on any atom is -0.495 e. The second kappa shape index (κ2) is 8.41. The molecule has 0 saturated heterocycles.